The Morgan fingerprint density at radius 3 is 2.65 bits per heavy atom. The number of amides is 1. The van der Waals surface area contributed by atoms with E-state index in [0.29, 0.717) is 19.7 Å². The van der Waals surface area contributed by atoms with Crippen molar-refractivity contribution >= 4 is 5.91 Å². The molecule has 94 valence electrons. The maximum Gasteiger partial charge on any atom is 0.246 e. The van der Waals surface area contributed by atoms with Crippen LogP contribution in [0.1, 0.15) is 5.56 Å². The first kappa shape index (κ1) is 13.5. The zero-order chi connectivity index (χ0) is 12.5. The number of ether oxygens (including phenoxy) is 2. The summed E-state index contributed by atoms with van der Waals surface area (Å²) in [5.74, 6) is 0.651. The van der Waals surface area contributed by atoms with Gasteiger partial charge in [0, 0.05) is 13.1 Å². The highest BCUT2D eigenvalue weighted by Crippen LogP contribution is 2.11. The highest BCUT2D eigenvalue weighted by molar-refractivity contribution is 5.77. The average Bonchev–Trinajstić information content (AvgIpc) is 2.37. The Morgan fingerprint density at radius 2 is 2.06 bits per heavy atom. The van der Waals surface area contributed by atoms with E-state index in [1.54, 1.807) is 7.11 Å². The molecule has 0 aliphatic rings. The van der Waals surface area contributed by atoms with Crippen molar-refractivity contribution in [2.75, 3.05) is 26.8 Å². The quantitative estimate of drug-likeness (QED) is 0.716. The summed E-state index contributed by atoms with van der Waals surface area (Å²) in [6.45, 7) is 1.36. The predicted octanol–water partition coefficient (Wildman–Crippen LogP) is 0.287. The SMILES string of the molecule is COc1ccc(COCC(=O)NCCN)cc1. The van der Waals surface area contributed by atoms with Gasteiger partial charge in [0.05, 0.1) is 13.7 Å². The number of hydrogen-bond donors (Lipinski definition) is 2. The molecule has 0 atom stereocenters. The number of carbonyl (C=O) groups excluding carboxylic acids is 1. The lowest BCUT2D eigenvalue weighted by atomic mass is 10.2. The Hall–Kier alpha value is -1.59. The summed E-state index contributed by atoms with van der Waals surface area (Å²) in [4.78, 5) is 11.2. The van der Waals surface area contributed by atoms with Crippen LogP contribution >= 0.6 is 0 Å². The number of rotatable bonds is 7. The van der Waals surface area contributed by atoms with Crippen LogP contribution in [0.15, 0.2) is 24.3 Å². The Bertz CT molecular complexity index is 338. The van der Waals surface area contributed by atoms with Crippen LogP contribution in [0.3, 0.4) is 0 Å². The van der Waals surface area contributed by atoms with Crippen molar-refractivity contribution in [2.24, 2.45) is 5.73 Å². The first-order chi connectivity index (χ1) is 8.26. The molecule has 5 nitrogen and oxygen atoms in total. The molecule has 0 bridgehead atoms. The molecule has 0 fully saturated rings. The molecule has 0 heterocycles. The van der Waals surface area contributed by atoms with Gasteiger partial charge in [-0.1, -0.05) is 12.1 Å². The van der Waals surface area contributed by atoms with Crippen LogP contribution in [-0.2, 0) is 16.1 Å². The molecule has 1 amide bonds. The first-order valence-corrected chi connectivity index (χ1v) is 5.43. The van der Waals surface area contributed by atoms with Crippen LogP contribution in [0.2, 0.25) is 0 Å². The van der Waals surface area contributed by atoms with Gasteiger partial charge in [-0.15, -0.1) is 0 Å². The third-order valence-corrected chi connectivity index (χ3v) is 2.13. The van der Waals surface area contributed by atoms with Gasteiger partial charge in [-0.3, -0.25) is 4.79 Å². The van der Waals surface area contributed by atoms with E-state index in [1.165, 1.54) is 0 Å². The fourth-order valence-electron chi connectivity index (χ4n) is 1.25. The van der Waals surface area contributed by atoms with Crippen molar-refractivity contribution in [3.63, 3.8) is 0 Å². The molecular formula is C12H18N2O3. The number of carbonyl (C=O) groups is 1. The summed E-state index contributed by atoms with van der Waals surface area (Å²) < 4.78 is 10.3. The fourth-order valence-corrected chi connectivity index (χ4v) is 1.25. The second-order valence-electron chi connectivity index (χ2n) is 3.48. The van der Waals surface area contributed by atoms with Gasteiger partial charge < -0.3 is 20.5 Å². The van der Waals surface area contributed by atoms with Crippen molar-refractivity contribution in [2.45, 2.75) is 6.61 Å². The lowest BCUT2D eigenvalue weighted by Gasteiger charge is -2.06. The lowest BCUT2D eigenvalue weighted by molar-refractivity contribution is -0.126. The standard InChI is InChI=1S/C12H18N2O3/c1-16-11-4-2-10(3-5-11)8-17-9-12(15)14-7-6-13/h2-5H,6-9,13H2,1H3,(H,14,15). The second-order valence-corrected chi connectivity index (χ2v) is 3.48. The number of benzene rings is 1. The maximum atomic E-state index is 11.2. The van der Waals surface area contributed by atoms with Crippen molar-refractivity contribution < 1.29 is 14.3 Å². The highest BCUT2D eigenvalue weighted by Gasteiger charge is 2.00. The zero-order valence-corrected chi connectivity index (χ0v) is 9.94. The van der Waals surface area contributed by atoms with Crippen LogP contribution in [0, 0.1) is 0 Å². The number of nitrogens with one attached hydrogen (secondary N) is 1. The van der Waals surface area contributed by atoms with Gasteiger partial charge in [0.25, 0.3) is 0 Å². The molecular weight excluding hydrogens is 220 g/mol. The summed E-state index contributed by atoms with van der Waals surface area (Å²) in [6.07, 6.45) is 0. The minimum absolute atomic E-state index is 0.0476. The molecule has 1 aromatic rings. The monoisotopic (exact) mass is 238 g/mol. The Morgan fingerprint density at radius 1 is 1.35 bits per heavy atom. The molecule has 0 aliphatic carbocycles. The molecule has 0 unspecified atom stereocenters. The molecule has 17 heavy (non-hydrogen) atoms. The number of nitrogens with two attached hydrogens (primary N) is 1. The van der Waals surface area contributed by atoms with Crippen molar-refractivity contribution in [1.29, 1.82) is 0 Å². The largest absolute Gasteiger partial charge is 0.497 e. The van der Waals surface area contributed by atoms with Gasteiger partial charge in [0.1, 0.15) is 12.4 Å². The van der Waals surface area contributed by atoms with Crippen LogP contribution in [-0.4, -0.2) is 32.7 Å². The van der Waals surface area contributed by atoms with E-state index in [9.17, 15) is 4.79 Å². The summed E-state index contributed by atoms with van der Waals surface area (Å²) in [5.41, 5.74) is 6.25. The summed E-state index contributed by atoms with van der Waals surface area (Å²) in [6, 6.07) is 7.51. The van der Waals surface area contributed by atoms with Gasteiger partial charge >= 0.3 is 0 Å². The topological polar surface area (TPSA) is 73.6 Å². The van der Waals surface area contributed by atoms with Gasteiger partial charge in [-0.25, -0.2) is 0 Å². The Balaban J connectivity index is 2.23. The molecule has 0 radical (unpaired) electrons. The number of methoxy groups -OCH3 is 1. The van der Waals surface area contributed by atoms with E-state index in [4.69, 9.17) is 15.2 Å². The van der Waals surface area contributed by atoms with Crippen molar-refractivity contribution in [3.05, 3.63) is 29.8 Å². The molecule has 3 N–H and O–H groups in total. The van der Waals surface area contributed by atoms with Crippen LogP contribution < -0.4 is 15.8 Å². The maximum absolute atomic E-state index is 11.2. The van der Waals surface area contributed by atoms with Crippen LogP contribution in [0.4, 0.5) is 0 Å². The van der Waals surface area contributed by atoms with E-state index in [2.05, 4.69) is 5.32 Å². The summed E-state index contributed by atoms with van der Waals surface area (Å²) in [5, 5.41) is 2.63. The lowest BCUT2D eigenvalue weighted by Crippen LogP contribution is -2.31. The van der Waals surface area contributed by atoms with E-state index in [1.807, 2.05) is 24.3 Å². The summed E-state index contributed by atoms with van der Waals surface area (Å²) >= 11 is 0. The van der Waals surface area contributed by atoms with Crippen LogP contribution in [0.5, 0.6) is 5.75 Å². The van der Waals surface area contributed by atoms with E-state index < -0.39 is 0 Å². The molecule has 0 saturated carbocycles. The Kier molecular flexibility index (Phi) is 6.06. The molecule has 0 spiro atoms. The minimum Gasteiger partial charge on any atom is -0.497 e. The fraction of sp³-hybridized carbons (Fsp3) is 0.417. The summed E-state index contributed by atoms with van der Waals surface area (Å²) in [7, 11) is 1.62. The molecule has 5 heteroatoms. The molecule has 0 aliphatic heterocycles. The minimum atomic E-state index is -0.149. The predicted molar refractivity (Wildman–Crippen MR) is 64.7 cm³/mol. The van der Waals surface area contributed by atoms with E-state index in [-0.39, 0.29) is 12.5 Å². The average molecular weight is 238 g/mol. The highest BCUT2D eigenvalue weighted by atomic mass is 16.5. The van der Waals surface area contributed by atoms with Crippen molar-refractivity contribution in [3.8, 4) is 5.75 Å². The van der Waals surface area contributed by atoms with Gasteiger partial charge in [0.2, 0.25) is 5.91 Å². The van der Waals surface area contributed by atoms with Gasteiger partial charge in [-0.2, -0.15) is 0 Å². The van der Waals surface area contributed by atoms with Crippen LogP contribution in [0.25, 0.3) is 0 Å². The van der Waals surface area contributed by atoms with E-state index in [0.717, 1.165) is 11.3 Å². The third-order valence-electron chi connectivity index (χ3n) is 2.13. The smallest absolute Gasteiger partial charge is 0.246 e. The molecule has 0 aromatic heterocycles. The molecule has 1 aromatic carbocycles. The first-order valence-electron chi connectivity index (χ1n) is 5.43. The molecule has 1 rings (SSSR count). The number of hydrogen-bond acceptors (Lipinski definition) is 4. The third kappa shape index (κ3) is 5.33. The van der Waals surface area contributed by atoms with E-state index >= 15 is 0 Å². The van der Waals surface area contributed by atoms with Crippen molar-refractivity contribution in [1.82, 2.24) is 5.32 Å². The van der Waals surface area contributed by atoms with Gasteiger partial charge in [0.15, 0.2) is 0 Å². The zero-order valence-electron chi connectivity index (χ0n) is 9.94. The second kappa shape index (κ2) is 7.65. The molecule has 0 saturated heterocycles. The van der Waals surface area contributed by atoms with Gasteiger partial charge in [-0.05, 0) is 17.7 Å². The normalized spacial score (nSPS) is 10.0. The Labute approximate surface area is 101 Å².